The highest BCUT2D eigenvalue weighted by Crippen LogP contribution is 2.31. The van der Waals surface area contributed by atoms with Crippen molar-refractivity contribution in [2.24, 2.45) is 7.05 Å². The molecule has 0 bridgehead atoms. The maximum absolute atomic E-state index is 12.5. The van der Waals surface area contributed by atoms with E-state index in [-0.39, 0.29) is 0 Å². The van der Waals surface area contributed by atoms with E-state index in [0.717, 1.165) is 42.0 Å². The molecule has 0 spiro atoms. The molecule has 0 atom stereocenters. The Morgan fingerprint density at radius 1 is 1.16 bits per heavy atom. The van der Waals surface area contributed by atoms with Gasteiger partial charge in [0.2, 0.25) is 10.0 Å². The molecule has 4 rings (SSSR count). The van der Waals surface area contributed by atoms with Gasteiger partial charge in [-0.25, -0.2) is 17.4 Å². The molecule has 3 aromatic rings. The average molecular weight is 478 g/mol. The number of anilines is 1. The first kappa shape index (κ1) is 22.0. The topological polar surface area (TPSA) is 63.4 Å². The van der Waals surface area contributed by atoms with Gasteiger partial charge in [-0.3, -0.25) is 0 Å². The van der Waals surface area contributed by atoms with Crippen molar-refractivity contribution in [3.63, 3.8) is 0 Å². The third-order valence-electron chi connectivity index (χ3n) is 5.49. The first-order valence-electron chi connectivity index (χ1n) is 9.88. The maximum atomic E-state index is 12.5. The van der Waals surface area contributed by atoms with Gasteiger partial charge in [0, 0.05) is 44.0 Å². The van der Waals surface area contributed by atoms with Gasteiger partial charge in [0.05, 0.1) is 4.90 Å². The van der Waals surface area contributed by atoms with Crippen LogP contribution in [0.2, 0.25) is 5.02 Å². The summed E-state index contributed by atoms with van der Waals surface area (Å²) in [4.78, 5) is 2.51. The summed E-state index contributed by atoms with van der Waals surface area (Å²) in [5, 5.41) is 5.42. The van der Waals surface area contributed by atoms with Gasteiger partial charge >= 0.3 is 0 Å². The molecule has 31 heavy (non-hydrogen) atoms. The predicted octanol–water partition coefficient (Wildman–Crippen LogP) is 3.93. The zero-order chi connectivity index (χ0) is 22.3. The third-order valence-corrected chi connectivity index (χ3v) is 8.04. The van der Waals surface area contributed by atoms with Crippen LogP contribution < -0.4 is 4.90 Å². The van der Waals surface area contributed by atoms with E-state index in [1.165, 1.54) is 4.31 Å². The summed E-state index contributed by atoms with van der Waals surface area (Å²) in [6.45, 7) is 1.34. The van der Waals surface area contributed by atoms with Crippen LogP contribution in [-0.4, -0.2) is 47.7 Å². The number of aromatic nitrogens is 3. The Morgan fingerprint density at radius 3 is 2.55 bits per heavy atom. The number of nitrogens with zero attached hydrogens (tertiary/aromatic N) is 5. The highest BCUT2D eigenvalue weighted by Gasteiger charge is 2.23. The minimum absolute atomic E-state index is 0.317. The smallest absolute Gasteiger partial charge is 0.242 e. The molecule has 1 aliphatic heterocycles. The van der Waals surface area contributed by atoms with Gasteiger partial charge in [-0.15, -0.1) is 5.10 Å². The minimum atomic E-state index is -3.46. The molecule has 0 aliphatic carbocycles. The lowest BCUT2D eigenvalue weighted by Crippen LogP contribution is -2.32. The fourth-order valence-corrected chi connectivity index (χ4v) is 5.03. The number of benzene rings is 2. The summed E-state index contributed by atoms with van der Waals surface area (Å²) in [6.07, 6.45) is 1.77. The van der Waals surface area contributed by atoms with Gasteiger partial charge in [0.25, 0.3) is 0 Å². The van der Waals surface area contributed by atoms with E-state index in [4.69, 9.17) is 28.9 Å². The SMILES string of the molecule is CN(C)S(=O)(=O)c1ccc2c(c1)CCCN2Cn1nc(-c2ccc(Cl)cc2)n(C)c1=S. The van der Waals surface area contributed by atoms with Crippen LogP contribution in [0.1, 0.15) is 12.0 Å². The van der Waals surface area contributed by atoms with Crippen molar-refractivity contribution in [3.8, 4) is 11.4 Å². The number of sulfonamides is 1. The Hall–Kier alpha value is -2.20. The lowest BCUT2D eigenvalue weighted by atomic mass is 10.0. The Morgan fingerprint density at radius 2 is 1.87 bits per heavy atom. The van der Waals surface area contributed by atoms with E-state index >= 15 is 0 Å². The third kappa shape index (κ3) is 4.15. The molecule has 1 aromatic heterocycles. The van der Waals surface area contributed by atoms with Gasteiger partial charge in [-0.2, -0.15) is 0 Å². The number of aryl methyl sites for hydroxylation is 1. The molecule has 164 valence electrons. The molecular formula is C21H24ClN5O2S2. The van der Waals surface area contributed by atoms with Crippen LogP contribution in [0.25, 0.3) is 11.4 Å². The van der Waals surface area contributed by atoms with Crippen LogP contribution in [0.15, 0.2) is 47.4 Å². The number of hydrogen-bond donors (Lipinski definition) is 0. The number of fused-ring (bicyclic) bond motifs is 1. The fraction of sp³-hybridized carbons (Fsp3) is 0.333. The summed E-state index contributed by atoms with van der Waals surface area (Å²) in [5.41, 5.74) is 2.98. The second-order valence-electron chi connectivity index (χ2n) is 7.76. The van der Waals surface area contributed by atoms with Crippen LogP contribution >= 0.6 is 23.8 Å². The van der Waals surface area contributed by atoms with Gasteiger partial charge in [-0.05, 0) is 73.1 Å². The lowest BCUT2D eigenvalue weighted by molar-refractivity contribution is 0.519. The van der Waals surface area contributed by atoms with Crippen molar-refractivity contribution in [1.29, 1.82) is 0 Å². The Bertz CT molecular complexity index is 1280. The summed E-state index contributed by atoms with van der Waals surface area (Å²) < 4.78 is 30.5. The molecular weight excluding hydrogens is 454 g/mol. The lowest BCUT2D eigenvalue weighted by Gasteiger charge is -2.31. The number of hydrogen-bond acceptors (Lipinski definition) is 5. The molecule has 2 heterocycles. The first-order valence-corrected chi connectivity index (χ1v) is 12.1. The van der Waals surface area contributed by atoms with E-state index in [0.29, 0.717) is 21.4 Å². The van der Waals surface area contributed by atoms with Crippen molar-refractivity contribution < 1.29 is 8.42 Å². The Labute approximate surface area is 192 Å². The van der Waals surface area contributed by atoms with Crippen molar-refractivity contribution in [3.05, 3.63) is 57.8 Å². The quantitative estimate of drug-likeness (QED) is 0.521. The van der Waals surface area contributed by atoms with Gasteiger partial charge in [-0.1, -0.05) is 11.6 Å². The van der Waals surface area contributed by atoms with Crippen molar-refractivity contribution in [2.45, 2.75) is 24.4 Å². The molecule has 7 nitrogen and oxygen atoms in total. The predicted molar refractivity (Wildman–Crippen MR) is 125 cm³/mol. The van der Waals surface area contributed by atoms with Crippen molar-refractivity contribution >= 4 is 39.5 Å². The molecule has 0 fully saturated rings. The van der Waals surface area contributed by atoms with Crippen LogP contribution in [0, 0.1) is 4.77 Å². The molecule has 0 saturated heterocycles. The van der Waals surface area contributed by atoms with E-state index < -0.39 is 10.0 Å². The average Bonchev–Trinajstić information content (AvgIpc) is 3.02. The van der Waals surface area contributed by atoms with Crippen LogP contribution in [0.5, 0.6) is 0 Å². The van der Waals surface area contributed by atoms with Gasteiger partial charge in [0.1, 0.15) is 6.67 Å². The van der Waals surface area contributed by atoms with Crippen LogP contribution in [0.4, 0.5) is 5.69 Å². The van der Waals surface area contributed by atoms with Gasteiger partial charge in [0.15, 0.2) is 10.6 Å². The van der Waals surface area contributed by atoms with Crippen LogP contribution in [-0.2, 0) is 30.2 Å². The Kier molecular flexibility index (Phi) is 5.95. The number of halogens is 1. The van der Waals surface area contributed by atoms with E-state index in [9.17, 15) is 8.42 Å². The zero-order valence-corrected chi connectivity index (χ0v) is 20.0. The second-order valence-corrected chi connectivity index (χ2v) is 10.7. The van der Waals surface area contributed by atoms with Crippen LogP contribution in [0.3, 0.4) is 0 Å². The summed E-state index contributed by atoms with van der Waals surface area (Å²) in [6, 6.07) is 12.9. The molecule has 2 aromatic carbocycles. The zero-order valence-electron chi connectivity index (χ0n) is 17.6. The standard InChI is InChI=1S/C21H24ClN5O2S2/c1-24(2)31(28,29)18-10-11-19-16(13-18)5-4-12-26(19)14-27-21(30)25(3)20(23-27)15-6-8-17(22)9-7-15/h6-11,13H,4-5,12,14H2,1-3H3. The monoisotopic (exact) mass is 477 g/mol. The van der Waals surface area contributed by atoms with Gasteiger partial charge < -0.3 is 9.47 Å². The normalized spacial score (nSPS) is 14.2. The second kappa shape index (κ2) is 8.38. The summed E-state index contributed by atoms with van der Waals surface area (Å²) >= 11 is 11.6. The Balaban J connectivity index is 1.66. The minimum Gasteiger partial charge on any atom is -0.352 e. The number of rotatable bonds is 5. The molecule has 1 aliphatic rings. The maximum Gasteiger partial charge on any atom is 0.242 e. The van der Waals surface area contributed by atoms with Crippen molar-refractivity contribution in [1.82, 2.24) is 18.7 Å². The van der Waals surface area contributed by atoms with Crippen molar-refractivity contribution in [2.75, 3.05) is 25.5 Å². The molecule has 0 amide bonds. The molecule has 0 saturated carbocycles. The molecule has 0 N–H and O–H groups in total. The fourth-order valence-electron chi connectivity index (χ4n) is 3.76. The summed E-state index contributed by atoms with van der Waals surface area (Å²) in [5.74, 6) is 0.770. The molecule has 10 heteroatoms. The van der Waals surface area contributed by atoms with E-state index in [2.05, 4.69) is 4.90 Å². The van der Waals surface area contributed by atoms with E-state index in [1.54, 1.807) is 30.9 Å². The largest absolute Gasteiger partial charge is 0.352 e. The summed E-state index contributed by atoms with van der Waals surface area (Å²) in [7, 11) is 1.53. The highest BCUT2D eigenvalue weighted by molar-refractivity contribution is 7.89. The van der Waals surface area contributed by atoms with E-state index in [1.807, 2.05) is 41.9 Å². The highest BCUT2D eigenvalue weighted by atomic mass is 35.5. The molecule has 0 radical (unpaired) electrons. The first-order chi connectivity index (χ1) is 14.7. The molecule has 0 unspecified atom stereocenters.